The van der Waals surface area contributed by atoms with Crippen LogP contribution in [0.15, 0.2) is 12.2 Å². The summed E-state index contributed by atoms with van der Waals surface area (Å²) in [4.78, 5) is 38.2. The topological polar surface area (TPSA) is 78.9 Å². The van der Waals surface area contributed by atoms with Crippen LogP contribution in [-0.2, 0) is 28.6 Å². The van der Waals surface area contributed by atoms with Crippen molar-refractivity contribution in [3.05, 3.63) is 12.2 Å². The normalized spacial score (nSPS) is 12.0. The Balaban J connectivity index is 4.30. The molecule has 0 aromatic heterocycles. The molecular formula is C61H116O6. The Morgan fingerprint density at radius 3 is 0.746 bits per heavy atom. The van der Waals surface area contributed by atoms with Gasteiger partial charge in [-0.25, -0.2) is 0 Å². The molecule has 0 radical (unpaired) electrons. The first-order valence-corrected chi connectivity index (χ1v) is 30.2. The van der Waals surface area contributed by atoms with Crippen LogP contribution >= 0.6 is 0 Å². The molecule has 0 aromatic rings. The summed E-state index contributed by atoms with van der Waals surface area (Å²) in [6.07, 6.45) is 64.9. The molecule has 0 aliphatic rings. The maximum absolute atomic E-state index is 12.9. The fourth-order valence-electron chi connectivity index (χ4n) is 9.21. The Morgan fingerprint density at radius 2 is 0.493 bits per heavy atom. The number of allylic oxidation sites excluding steroid dienone is 2. The van der Waals surface area contributed by atoms with Crippen LogP contribution in [0.3, 0.4) is 0 Å². The van der Waals surface area contributed by atoms with Crippen LogP contribution in [0.25, 0.3) is 0 Å². The molecule has 0 N–H and O–H groups in total. The van der Waals surface area contributed by atoms with Crippen molar-refractivity contribution < 1.29 is 28.6 Å². The SMILES string of the molecule is CCCCCCCCCC/C=C\CCCCCCCCCC(=O)OCC(COC(=O)CCCCCCCCCCCCCCCCC)OC(=O)CCCCCCCCCCCCCCCCC. The highest BCUT2D eigenvalue weighted by Gasteiger charge is 2.19. The van der Waals surface area contributed by atoms with Crippen molar-refractivity contribution in [3.8, 4) is 0 Å². The molecule has 0 amide bonds. The third-order valence-corrected chi connectivity index (χ3v) is 13.8. The lowest BCUT2D eigenvalue weighted by Crippen LogP contribution is -2.30. The highest BCUT2D eigenvalue weighted by Crippen LogP contribution is 2.17. The van der Waals surface area contributed by atoms with Gasteiger partial charge in [-0.15, -0.1) is 0 Å². The Morgan fingerprint density at radius 1 is 0.284 bits per heavy atom. The Labute approximate surface area is 418 Å². The number of hydrogen-bond donors (Lipinski definition) is 0. The molecule has 0 rings (SSSR count). The van der Waals surface area contributed by atoms with Crippen LogP contribution in [0, 0.1) is 0 Å². The first-order chi connectivity index (χ1) is 33.0. The number of hydrogen-bond acceptors (Lipinski definition) is 6. The molecule has 6 nitrogen and oxygen atoms in total. The number of ether oxygens (including phenoxy) is 3. The predicted octanol–water partition coefficient (Wildman–Crippen LogP) is 20.1. The Bertz CT molecular complexity index is 1040. The molecule has 0 fully saturated rings. The summed E-state index contributed by atoms with van der Waals surface area (Å²) in [5.74, 6) is -0.842. The summed E-state index contributed by atoms with van der Waals surface area (Å²) in [5.41, 5.74) is 0. The summed E-state index contributed by atoms with van der Waals surface area (Å²) in [5, 5.41) is 0. The molecule has 1 unspecified atom stereocenters. The van der Waals surface area contributed by atoms with Crippen molar-refractivity contribution in [1.82, 2.24) is 0 Å². The van der Waals surface area contributed by atoms with Gasteiger partial charge in [-0.3, -0.25) is 14.4 Å². The van der Waals surface area contributed by atoms with Gasteiger partial charge in [0.1, 0.15) is 13.2 Å². The van der Waals surface area contributed by atoms with E-state index in [1.807, 2.05) is 0 Å². The quantitative estimate of drug-likeness (QED) is 0.0262. The molecule has 0 saturated carbocycles. The average Bonchev–Trinajstić information content (AvgIpc) is 3.33. The van der Waals surface area contributed by atoms with Gasteiger partial charge in [-0.1, -0.05) is 290 Å². The van der Waals surface area contributed by atoms with E-state index in [1.54, 1.807) is 0 Å². The molecule has 0 aliphatic heterocycles. The van der Waals surface area contributed by atoms with Crippen LogP contribution in [-0.4, -0.2) is 37.2 Å². The molecule has 0 aliphatic carbocycles. The van der Waals surface area contributed by atoms with Crippen molar-refractivity contribution in [2.24, 2.45) is 0 Å². The molecule has 6 heteroatoms. The molecule has 0 saturated heterocycles. The number of carbonyl (C=O) groups is 3. The van der Waals surface area contributed by atoms with Gasteiger partial charge in [0.25, 0.3) is 0 Å². The predicted molar refractivity (Wildman–Crippen MR) is 289 cm³/mol. The van der Waals surface area contributed by atoms with E-state index in [9.17, 15) is 14.4 Å². The molecule has 1 atom stereocenters. The largest absolute Gasteiger partial charge is 0.462 e. The van der Waals surface area contributed by atoms with Gasteiger partial charge >= 0.3 is 17.9 Å². The highest BCUT2D eigenvalue weighted by atomic mass is 16.6. The van der Waals surface area contributed by atoms with Crippen LogP contribution in [0.2, 0.25) is 0 Å². The molecule has 0 spiro atoms. The Kier molecular flexibility index (Phi) is 55.2. The molecule has 396 valence electrons. The van der Waals surface area contributed by atoms with E-state index in [4.69, 9.17) is 14.2 Å². The van der Waals surface area contributed by atoms with Gasteiger partial charge in [0.05, 0.1) is 0 Å². The lowest BCUT2D eigenvalue weighted by Gasteiger charge is -2.18. The van der Waals surface area contributed by atoms with Crippen LogP contribution in [0.5, 0.6) is 0 Å². The van der Waals surface area contributed by atoms with Crippen molar-refractivity contribution in [2.45, 2.75) is 348 Å². The van der Waals surface area contributed by atoms with Crippen molar-refractivity contribution in [2.75, 3.05) is 13.2 Å². The number of rotatable bonds is 56. The molecule has 0 aromatic carbocycles. The zero-order valence-corrected chi connectivity index (χ0v) is 45.5. The van der Waals surface area contributed by atoms with Gasteiger partial charge < -0.3 is 14.2 Å². The first kappa shape index (κ1) is 65.1. The van der Waals surface area contributed by atoms with Gasteiger partial charge in [0.2, 0.25) is 0 Å². The van der Waals surface area contributed by atoms with Crippen molar-refractivity contribution >= 4 is 17.9 Å². The van der Waals surface area contributed by atoms with Crippen LogP contribution < -0.4 is 0 Å². The average molecular weight is 946 g/mol. The summed E-state index contributed by atoms with van der Waals surface area (Å²) < 4.78 is 16.9. The number of esters is 3. The highest BCUT2D eigenvalue weighted by molar-refractivity contribution is 5.71. The minimum Gasteiger partial charge on any atom is -0.462 e. The van der Waals surface area contributed by atoms with Crippen molar-refractivity contribution in [1.29, 1.82) is 0 Å². The second-order valence-corrected chi connectivity index (χ2v) is 20.6. The van der Waals surface area contributed by atoms with Gasteiger partial charge in [-0.05, 0) is 44.9 Å². The summed E-state index contributed by atoms with van der Waals surface area (Å²) in [7, 11) is 0. The Hall–Kier alpha value is -1.85. The maximum Gasteiger partial charge on any atom is 0.306 e. The first-order valence-electron chi connectivity index (χ1n) is 30.2. The zero-order chi connectivity index (χ0) is 48.6. The van der Waals surface area contributed by atoms with E-state index in [0.717, 1.165) is 57.8 Å². The summed E-state index contributed by atoms with van der Waals surface area (Å²) >= 11 is 0. The summed E-state index contributed by atoms with van der Waals surface area (Å²) in [6, 6.07) is 0. The van der Waals surface area contributed by atoms with Crippen LogP contribution in [0.1, 0.15) is 342 Å². The second kappa shape index (κ2) is 56.7. The fraction of sp³-hybridized carbons (Fsp3) is 0.918. The molecule has 0 bridgehead atoms. The number of carbonyl (C=O) groups excluding carboxylic acids is 3. The molecular weight excluding hydrogens is 829 g/mol. The maximum atomic E-state index is 12.9. The molecule has 0 heterocycles. The number of unbranched alkanes of at least 4 members (excludes halogenated alkanes) is 43. The third-order valence-electron chi connectivity index (χ3n) is 13.8. The van der Waals surface area contributed by atoms with E-state index in [0.29, 0.717) is 19.3 Å². The van der Waals surface area contributed by atoms with Gasteiger partial charge in [-0.2, -0.15) is 0 Å². The molecule has 67 heavy (non-hydrogen) atoms. The van der Waals surface area contributed by atoms with Crippen LogP contribution in [0.4, 0.5) is 0 Å². The van der Waals surface area contributed by atoms with E-state index in [1.165, 1.54) is 244 Å². The third kappa shape index (κ3) is 55.0. The van der Waals surface area contributed by atoms with E-state index < -0.39 is 6.10 Å². The van der Waals surface area contributed by atoms with E-state index >= 15 is 0 Å². The monoisotopic (exact) mass is 945 g/mol. The van der Waals surface area contributed by atoms with Gasteiger partial charge in [0, 0.05) is 19.3 Å². The minimum absolute atomic E-state index is 0.0650. The minimum atomic E-state index is -0.766. The van der Waals surface area contributed by atoms with Gasteiger partial charge in [0.15, 0.2) is 6.10 Å². The van der Waals surface area contributed by atoms with E-state index in [2.05, 4.69) is 32.9 Å². The standard InChI is InChI=1S/C61H116O6/c1-4-7-10-13-16-19-22-25-28-29-30-31-34-36-39-42-45-48-51-54-60(63)66-57-58(67-61(64)55-52-49-46-43-40-37-33-27-24-21-18-15-12-9-6-3)56-65-59(62)53-50-47-44-41-38-35-32-26-23-20-17-14-11-8-5-2/h29-30,58H,4-28,31-57H2,1-3H3/b30-29-. The zero-order valence-electron chi connectivity index (χ0n) is 45.5. The lowest BCUT2D eigenvalue weighted by atomic mass is 10.0. The second-order valence-electron chi connectivity index (χ2n) is 20.6. The fourth-order valence-corrected chi connectivity index (χ4v) is 9.21. The van der Waals surface area contributed by atoms with Crippen molar-refractivity contribution in [3.63, 3.8) is 0 Å². The lowest BCUT2D eigenvalue weighted by molar-refractivity contribution is -0.167. The smallest absolute Gasteiger partial charge is 0.306 e. The van der Waals surface area contributed by atoms with E-state index in [-0.39, 0.29) is 31.1 Å². The summed E-state index contributed by atoms with van der Waals surface area (Å²) in [6.45, 7) is 6.70.